The average Bonchev–Trinajstić information content (AvgIpc) is 2.85. The third kappa shape index (κ3) is 3.65. The van der Waals surface area contributed by atoms with Gasteiger partial charge in [0.15, 0.2) is 0 Å². The number of nitrogens with one attached hydrogen (secondary N) is 1. The van der Waals surface area contributed by atoms with Crippen molar-refractivity contribution in [1.82, 2.24) is 10.1 Å². The minimum atomic E-state index is -0.452. The van der Waals surface area contributed by atoms with Crippen LogP contribution >= 0.6 is 0 Å². The second-order valence-corrected chi connectivity index (χ2v) is 5.23. The number of aromatic nitrogens is 2. The van der Waals surface area contributed by atoms with Crippen molar-refractivity contribution in [3.63, 3.8) is 0 Å². The molecule has 2 rings (SSSR count). The number of hydrogen-bond acceptors (Lipinski definition) is 7. The summed E-state index contributed by atoms with van der Waals surface area (Å²) >= 11 is 0. The first-order chi connectivity index (χ1) is 11.0. The normalized spacial score (nSPS) is 12.2. The van der Waals surface area contributed by atoms with Gasteiger partial charge in [0.25, 0.3) is 0 Å². The molecule has 0 fully saturated rings. The van der Waals surface area contributed by atoms with Gasteiger partial charge in [0.05, 0.1) is 34.5 Å². The Balaban J connectivity index is 2.45. The predicted octanol–water partition coefficient (Wildman–Crippen LogP) is 3.10. The van der Waals surface area contributed by atoms with E-state index in [-0.39, 0.29) is 17.5 Å². The summed E-state index contributed by atoms with van der Waals surface area (Å²) in [7, 11) is 1.59. The van der Waals surface area contributed by atoms with Gasteiger partial charge in [0.2, 0.25) is 5.82 Å². The molecule has 0 radical (unpaired) electrons. The van der Waals surface area contributed by atoms with Crippen molar-refractivity contribution in [2.45, 2.75) is 33.2 Å². The lowest BCUT2D eigenvalue weighted by molar-refractivity contribution is -0.384. The molecule has 0 saturated carbocycles. The SMILES string of the molecule is CC[C@@H](COC)Nc1nc(-c2c(C)noc2C)ccc1[N+](=O)[O-]. The first-order valence-electron chi connectivity index (χ1n) is 7.32. The number of hydrogen-bond donors (Lipinski definition) is 1. The standard InChI is InChI=1S/C15H20N4O4/c1-5-11(8-22-4)16-15-13(19(20)21)7-6-12(17-15)14-9(2)18-23-10(14)3/h6-7,11H,5,8H2,1-4H3,(H,16,17)/t11-/m0/s1. The number of aryl methyl sites for hydroxylation is 2. The van der Waals surface area contributed by atoms with Gasteiger partial charge in [-0.25, -0.2) is 4.98 Å². The molecule has 8 heteroatoms. The zero-order valence-electron chi connectivity index (χ0n) is 13.6. The van der Waals surface area contributed by atoms with Crippen molar-refractivity contribution >= 4 is 11.5 Å². The molecule has 0 saturated heterocycles. The summed E-state index contributed by atoms with van der Waals surface area (Å²) in [5.41, 5.74) is 1.96. The van der Waals surface area contributed by atoms with Crippen molar-refractivity contribution in [2.75, 3.05) is 19.0 Å². The van der Waals surface area contributed by atoms with Crippen LogP contribution in [0.15, 0.2) is 16.7 Å². The van der Waals surface area contributed by atoms with Gasteiger partial charge >= 0.3 is 5.69 Å². The fourth-order valence-electron chi connectivity index (χ4n) is 2.35. The molecule has 0 spiro atoms. The van der Waals surface area contributed by atoms with Gasteiger partial charge in [-0.3, -0.25) is 10.1 Å². The molecule has 0 aliphatic heterocycles. The molecule has 0 bridgehead atoms. The second-order valence-electron chi connectivity index (χ2n) is 5.23. The summed E-state index contributed by atoms with van der Waals surface area (Å²) in [6.07, 6.45) is 0.752. The maximum atomic E-state index is 11.2. The first-order valence-corrected chi connectivity index (χ1v) is 7.32. The Morgan fingerprint density at radius 1 is 1.43 bits per heavy atom. The summed E-state index contributed by atoms with van der Waals surface area (Å²) in [5.74, 6) is 0.843. The molecule has 0 aliphatic rings. The summed E-state index contributed by atoms with van der Waals surface area (Å²) in [6, 6.07) is 2.98. The number of nitrogens with zero attached hydrogens (tertiary/aromatic N) is 3. The largest absolute Gasteiger partial charge is 0.383 e. The summed E-state index contributed by atoms with van der Waals surface area (Å²) in [5, 5.41) is 18.2. The molecule has 0 amide bonds. The molecular weight excluding hydrogens is 300 g/mol. The maximum Gasteiger partial charge on any atom is 0.311 e. The zero-order chi connectivity index (χ0) is 17.0. The van der Waals surface area contributed by atoms with Crippen LogP contribution in [0.3, 0.4) is 0 Å². The summed E-state index contributed by atoms with van der Waals surface area (Å²) in [4.78, 5) is 15.2. The van der Waals surface area contributed by atoms with Crippen molar-refractivity contribution < 1.29 is 14.2 Å². The van der Waals surface area contributed by atoms with Gasteiger partial charge in [-0.05, 0) is 26.3 Å². The van der Waals surface area contributed by atoms with Crippen LogP contribution < -0.4 is 5.32 Å². The Bertz CT molecular complexity index is 679. The van der Waals surface area contributed by atoms with Crippen LogP contribution in [-0.2, 0) is 4.74 Å². The van der Waals surface area contributed by atoms with Crippen LogP contribution in [0.1, 0.15) is 24.8 Å². The molecule has 1 atom stereocenters. The van der Waals surface area contributed by atoms with Crippen LogP contribution in [0.25, 0.3) is 11.3 Å². The molecule has 0 aromatic carbocycles. The molecule has 2 aromatic heterocycles. The van der Waals surface area contributed by atoms with Crippen molar-refractivity contribution in [3.05, 3.63) is 33.7 Å². The quantitative estimate of drug-likeness (QED) is 0.617. The van der Waals surface area contributed by atoms with Crippen LogP contribution in [0, 0.1) is 24.0 Å². The number of anilines is 1. The van der Waals surface area contributed by atoms with E-state index < -0.39 is 4.92 Å². The van der Waals surface area contributed by atoms with E-state index in [0.717, 1.165) is 12.0 Å². The fraction of sp³-hybridized carbons (Fsp3) is 0.467. The van der Waals surface area contributed by atoms with Crippen LogP contribution in [0.4, 0.5) is 11.5 Å². The third-order valence-electron chi connectivity index (χ3n) is 3.56. The number of ether oxygens (including phenoxy) is 1. The van der Waals surface area contributed by atoms with Crippen LogP contribution in [0.2, 0.25) is 0 Å². The van der Waals surface area contributed by atoms with E-state index in [2.05, 4.69) is 15.5 Å². The van der Waals surface area contributed by atoms with Gasteiger partial charge in [-0.15, -0.1) is 0 Å². The van der Waals surface area contributed by atoms with E-state index in [4.69, 9.17) is 9.26 Å². The first kappa shape index (κ1) is 16.9. The Labute approximate surface area is 134 Å². The van der Waals surface area contributed by atoms with Crippen molar-refractivity contribution in [3.8, 4) is 11.3 Å². The summed E-state index contributed by atoms with van der Waals surface area (Å²) in [6.45, 7) is 6.00. The van der Waals surface area contributed by atoms with E-state index in [0.29, 0.717) is 23.8 Å². The molecule has 23 heavy (non-hydrogen) atoms. The second kappa shape index (κ2) is 7.19. The molecule has 0 unspecified atom stereocenters. The lowest BCUT2D eigenvalue weighted by Gasteiger charge is -2.17. The van der Waals surface area contributed by atoms with Gasteiger partial charge < -0.3 is 14.6 Å². The molecular formula is C15H20N4O4. The van der Waals surface area contributed by atoms with Crippen LogP contribution in [0.5, 0.6) is 0 Å². The van der Waals surface area contributed by atoms with Gasteiger partial charge in [-0.2, -0.15) is 0 Å². The lowest BCUT2D eigenvalue weighted by Crippen LogP contribution is -2.25. The van der Waals surface area contributed by atoms with Gasteiger partial charge in [0.1, 0.15) is 5.76 Å². The van der Waals surface area contributed by atoms with Crippen molar-refractivity contribution in [2.24, 2.45) is 0 Å². The molecule has 124 valence electrons. The fourth-order valence-corrected chi connectivity index (χ4v) is 2.35. The Morgan fingerprint density at radius 2 is 2.17 bits per heavy atom. The highest BCUT2D eigenvalue weighted by Gasteiger charge is 2.21. The van der Waals surface area contributed by atoms with Gasteiger partial charge in [-0.1, -0.05) is 12.1 Å². The molecule has 2 heterocycles. The topological polar surface area (TPSA) is 103 Å². The highest BCUT2D eigenvalue weighted by atomic mass is 16.6. The molecule has 2 aromatic rings. The number of methoxy groups -OCH3 is 1. The third-order valence-corrected chi connectivity index (χ3v) is 3.56. The molecule has 1 N–H and O–H groups in total. The van der Waals surface area contributed by atoms with Gasteiger partial charge in [0, 0.05) is 13.2 Å². The molecule has 8 nitrogen and oxygen atoms in total. The number of pyridine rings is 1. The molecule has 0 aliphatic carbocycles. The highest BCUT2D eigenvalue weighted by Crippen LogP contribution is 2.30. The minimum Gasteiger partial charge on any atom is -0.383 e. The predicted molar refractivity (Wildman–Crippen MR) is 85.4 cm³/mol. The maximum absolute atomic E-state index is 11.2. The lowest BCUT2D eigenvalue weighted by atomic mass is 10.1. The monoisotopic (exact) mass is 320 g/mol. The van der Waals surface area contributed by atoms with Crippen LogP contribution in [-0.4, -0.2) is 34.8 Å². The highest BCUT2D eigenvalue weighted by molar-refractivity contribution is 5.69. The smallest absolute Gasteiger partial charge is 0.311 e. The Morgan fingerprint density at radius 3 is 2.70 bits per heavy atom. The average molecular weight is 320 g/mol. The van der Waals surface area contributed by atoms with Crippen molar-refractivity contribution in [1.29, 1.82) is 0 Å². The van der Waals surface area contributed by atoms with E-state index in [1.807, 2.05) is 13.8 Å². The van der Waals surface area contributed by atoms with E-state index in [9.17, 15) is 10.1 Å². The van der Waals surface area contributed by atoms with E-state index in [1.165, 1.54) is 6.07 Å². The zero-order valence-corrected chi connectivity index (χ0v) is 13.6. The minimum absolute atomic E-state index is 0.0638. The Hall–Kier alpha value is -2.48. The summed E-state index contributed by atoms with van der Waals surface area (Å²) < 4.78 is 10.3. The van der Waals surface area contributed by atoms with E-state index >= 15 is 0 Å². The Kier molecular flexibility index (Phi) is 5.28. The van der Waals surface area contributed by atoms with E-state index in [1.54, 1.807) is 20.1 Å². The number of rotatable bonds is 7. The number of nitro groups is 1.